The second-order valence-electron chi connectivity index (χ2n) is 5.28. The van der Waals surface area contributed by atoms with Crippen molar-refractivity contribution in [2.24, 2.45) is 0 Å². The molecule has 0 aromatic heterocycles. The van der Waals surface area contributed by atoms with Gasteiger partial charge in [-0.1, -0.05) is 48.6 Å². The summed E-state index contributed by atoms with van der Waals surface area (Å²) in [5.74, 6) is -0.0283. The minimum atomic E-state index is -0.585. The van der Waals surface area contributed by atoms with Gasteiger partial charge < -0.3 is 9.64 Å². The van der Waals surface area contributed by atoms with Gasteiger partial charge in [0.05, 0.1) is 12.6 Å². The molecule has 1 aliphatic heterocycles. The molecule has 1 saturated heterocycles. The number of ether oxygens (including phenoxy) is 1. The summed E-state index contributed by atoms with van der Waals surface area (Å²) in [6, 6.07) is 9.98. The van der Waals surface area contributed by atoms with Crippen LogP contribution < -0.4 is 0 Å². The van der Waals surface area contributed by atoms with E-state index in [1.54, 1.807) is 12.2 Å². The highest BCUT2D eigenvalue weighted by molar-refractivity contribution is 5.89. The maximum absolute atomic E-state index is 12.4. The molecule has 1 fully saturated rings. The molecule has 1 atom stereocenters. The fraction of sp³-hybridized carbons (Fsp3) is 0.353. The molecule has 2 rings (SSSR count). The standard InChI is InChI=1S/C17H21NO2/c1-4-5-7-12-16(19)18-15(13-20-17(18,2)3)14-10-8-6-9-11-14/h4-12,15H,13H2,1-3H3/b5-4+,12-7+/t15-/m1/s1. The first kappa shape index (κ1) is 14.5. The second kappa shape index (κ2) is 6.06. The summed E-state index contributed by atoms with van der Waals surface area (Å²) in [5, 5.41) is 0. The van der Waals surface area contributed by atoms with E-state index in [4.69, 9.17) is 4.74 Å². The molecule has 20 heavy (non-hydrogen) atoms. The van der Waals surface area contributed by atoms with Gasteiger partial charge >= 0.3 is 0 Å². The molecule has 0 spiro atoms. The topological polar surface area (TPSA) is 29.5 Å². The van der Waals surface area contributed by atoms with Crippen LogP contribution in [0.2, 0.25) is 0 Å². The Morgan fingerprint density at radius 3 is 2.65 bits per heavy atom. The normalized spacial score (nSPS) is 21.9. The van der Waals surface area contributed by atoms with Gasteiger partial charge in [0, 0.05) is 6.08 Å². The van der Waals surface area contributed by atoms with Crippen molar-refractivity contribution in [1.82, 2.24) is 4.90 Å². The van der Waals surface area contributed by atoms with E-state index >= 15 is 0 Å². The lowest BCUT2D eigenvalue weighted by Gasteiger charge is -2.33. The molecule has 3 nitrogen and oxygen atoms in total. The van der Waals surface area contributed by atoms with Crippen LogP contribution in [-0.2, 0) is 9.53 Å². The zero-order valence-corrected chi connectivity index (χ0v) is 12.2. The van der Waals surface area contributed by atoms with Gasteiger partial charge in [-0.15, -0.1) is 0 Å². The van der Waals surface area contributed by atoms with E-state index in [-0.39, 0.29) is 11.9 Å². The largest absolute Gasteiger partial charge is 0.354 e. The van der Waals surface area contributed by atoms with Gasteiger partial charge in [-0.05, 0) is 26.3 Å². The first-order chi connectivity index (χ1) is 9.56. The van der Waals surface area contributed by atoms with Crippen molar-refractivity contribution in [2.45, 2.75) is 32.5 Å². The highest BCUT2D eigenvalue weighted by Crippen LogP contribution is 2.36. The van der Waals surface area contributed by atoms with E-state index in [0.717, 1.165) is 5.56 Å². The van der Waals surface area contributed by atoms with Crippen LogP contribution in [0.15, 0.2) is 54.6 Å². The summed E-state index contributed by atoms with van der Waals surface area (Å²) < 4.78 is 5.80. The molecule has 1 aromatic rings. The Balaban J connectivity index is 2.27. The Bertz CT molecular complexity index is 517. The molecule has 1 aliphatic rings. The van der Waals surface area contributed by atoms with Crippen molar-refractivity contribution in [3.63, 3.8) is 0 Å². The van der Waals surface area contributed by atoms with Crippen molar-refractivity contribution in [3.8, 4) is 0 Å². The lowest BCUT2D eigenvalue weighted by Crippen LogP contribution is -2.44. The third kappa shape index (κ3) is 2.99. The molecule has 1 heterocycles. The monoisotopic (exact) mass is 271 g/mol. The Morgan fingerprint density at radius 2 is 2.00 bits per heavy atom. The summed E-state index contributed by atoms with van der Waals surface area (Å²) in [4.78, 5) is 14.3. The van der Waals surface area contributed by atoms with E-state index in [2.05, 4.69) is 0 Å². The van der Waals surface area contributed by atoms with Gasteiger partial charge in [0.1, 0.15) is 5.72 Å². The Kier molecular flexibility index (Phi) is 4.40. The quantitative estimate of drug-likeness (QED) is 0.622. The first-order valence-electron chi connectivity index (χ1n) is 6.88. The SMILES string of the molecule is C/C=C/C=C/C(=O)N1[C@@H](c2ccccc2)COC1(C)C. The molecule has 0 unspecified atom stereocenters. The average molecular weight is 271 g/mol. The van der Waals surface area contributed by atoms with Crippen LogP contribution in [-0.4, -0.2) is 23.1 Å². The van der Waals surface area contributed by atoms with E-state index < -0.39 is 5.72 Å². The van der Waals surface area contributed by atoms with Crippen molar-refractivity contribution < 1.29 is 9.53 Å². The highest BCUT2D eigenvalue weighted by atomic mass is 16.5. The number of allylic oxidation sites excluding steroid dienone is 3. The van der Waals surface area contributed by atoms with Gasteiger partial charge in [0.2, 0.25) is 5.91 Å². The van der Waals surface area contributed by atoms with Crippen LogP contribution in [0.3, 0.4) is 0 Å². The van der Waals surface area contributed by atoms with E-state index in [1.165, 1.54) is 0 Å². The molecule has 0 aliphatic carbocycles. The van der Waals surface area contributed by atoms with Crippen molar-refractivity contribution >= 4 is 5.91 Å². The molecule has 1 aromatic carbocycles. The number of nitrogens with zero attached hydrogens (tertiary/aromatic N) is 1. The van der Waals surface area contributed by atoms with Crippen molar-refractivity contribution in [1.29, 1.82) is 0 Å². The Hall–Kier alpha value is -1.87. The molecule has 106 valence electrons. The Morgan fingerprint density at radius 1 is 1.30 bits per heavy atom. The molecular formula is C17H21NO2. The van der Waals surface area contributed by atoms with Gasteiger partial charge in [-0.25, -0.2) is 0 Å². The summed E-state index contributed by atoms with van der Waals surface area (Å²) in [6.07, 6.45) is 7.09. The summed E-state index contributed by atoms with van der Waals surface area (Å²) >= 11 is 0. The number of benzene rings is 1. The summed E-state index contributed by atoms with van der Waals surface area (Å²) in [6.45, 7) is 6.30. The second-order valence-corrected chi connectivity index (χ2v) is 5.28. The highest BCUT2D eigenvalue weighted by Gasteiger charge is 2.43. The van der Waals surface area contributed by atoms with Crippen LogP contribution in [0, 0.1) is 0 Å². The van der Waals surface area contributed by atoms with Crippen LogP contribution >= 0.6 is 0 Å². The molecule has 0 radical (unpaired) electrons. The predicted molar refractivity (Wildman–Crippen MR) is 80.0 cm³/mol. The van der Waals surface area contributed by atoms with Gasteiger partial charge in [0.25, 0.3) is 0 Å². The van der Waals surface area contributed by atoms with Crippen LogP contribution in [0.25, 0.3) is 0 Å². The third-order valence-corrected chi connectivity index (χ3v) is 3.45. The number of amides is 1. The van der Waals surface area contributed by atoms with E-state index in [1.807, 2.05) is 68.2 Å². The van der Waals surface area contributed by atoms with Crippen molar-refractivity contribution in [3.05, 3.63) is 60.2 Å². The predicted octanol–water partition coefficient (Wildman–Crippen LogP) is 3.45. The van der Waals surface area contributed by atoms with E-state index in [9.17, 15) is 4.79 Å². The molecule has 3 heteroatoms. The fourth-order valence-corrected chi connectivity index (χ4v) is 2.47. The summed E-state index contributed by atoms with van der Waals surface area (Å²) in [7, 11) is 0. The molecule has 0 bridgehead atoms. The van der Waals surface area contributed by atoms with Gasteiger partial charge in [-0.2, -0.15) is 0 Å². The van der Waals surface area contributed by atoms with Gasteiger partial charge in [0.15, 0.2) is 0 Å². The maximum atomic E-state index is 12.4. The number of carbonyl (C=O) groups is 1. The maximum Gasteiger partial charge on any atom is 0.249 e. The number of hydrogen-bond acceptors (Lipinski definition) is 2. The van der Waals surface area contributed by atoms with Crippen molar-refractivity contribution in [2.75, 3.05) is 6.61 Å². The fourth-order valence-electron chi connectivity index (χ4n) is 2.47. The molecule has 0 N–H and O–H groups in total. The minimum Gasteiger partial charge on any atom is -0.354 e. The number of hydrogen-bond donors (Lipinski definition) is 0. The third-order valence-electron chi connectivity index (χ3n) is 3.45. The molecular weight excluding hydrogens is 250 g/mol. The minimum absolute atomic E-state index is 0.0283. The zero-order valence-electron chi connectivity index (χ0n) is 12.2. The lowest BCUT2D eigenvalue weighted by atomic mass is 10.1. The summed E-state index contributed by atoms with van der Waals surface area (Å²) in [5.41, 5.74) is 0.517. The van der Waals surface area contributed by atoms with Gasteiger partial charge in [-0.3, -0.25) is 4.79 Å². The van der Waals surface area contributed by atoms with Crippen LogP contribution in [0.1, 0.15) is 32.4 Å². The number of rotatable bonds is 3. The lowest BCUT2D eigenvalue weighted by molar-refractivity contribution is -0.140. The first-order valence-corrected chi connectivity index (χ1v) is 6.88. The zero-order chi connectivity index (χ0) is 14.6. The number of carbonyl (C=O) groups excluding carboxylic acids is 1. The molecule has 1 amide bonds. The van der Waals surface area contributed by atoms with Crippen LogP contribution in [0.5, 0.6) is 0 Å². The molecule has 0 saturated carbocycles. The Labute approximate surface area is 120 Å². The van der Waals surface area contributed by atoms with Crippen LogP contribution in [0.4, 0.5) is 0 Å². The smallest absolute Gasteiger partial charge is 0.249 e. The average Bonchev–Trinajstić information content (AvgIpc) is 2.75. The van der Waals surface area contributed by atoms with E-state index in [0.29, 0.717) is 6.61 Å².